The van der Waals surface area contributed by atoms with Gasteiger partial charge in [-0.05, 0) is 27.5 Å². The third-order valence-corrected chi connectivity index (χ3v) is 2.29. The molecule has 0 aliphatic rings. The Morgan fingerprint density at radius 1 is 1.69 bits per heavy atom. The lowest BCUT2D eigenvalue weighted by Gasteiger charge is -2.01. The first-order valence-corrected chi connectivity index (χ1v) is 4.67. The Morgan fingerprint density at radius 2 is 2.38 bits per heavy atom. The fourth-order valence-corrected chi connectivity index (χ4v) is 1.59. The van der Waals surface area contributed by atoms with Gasteiger partial charge in [-0.2, -0.15) is 5.10 Å². The number of hydrogen-bond donors (Lipinski definition) is 1. The van der Waals surface area contributed by atoms with Gasteiger partial charge in [-0.25, -0.2) is 0 Å². The maximum absolute atomic E-state index is 10.4. The van der Waals surface area contributed by atoms with Crippen LogP contribution in [-0.4, -0.2) is 29.3 Å². The summed E-state index contributed by atoms with van der Waals surface area (Å²) in [6.45, 7) is 0.706. The van der Waals surface area contributed by atoms with Crippen molar-refractivity contribution in [2.24, 2.45) is 5.18 Å². The molecular formula is C6H9BBrN3O2. The number of rotatable bonds is 4. The molecule has 0 unspecified atom stereocenters. The van der Waals surface area contributed by atoms with Crippen molar-refractivity contribution in [2.45, 2.75) is 13.0 Å². The molecule has 1 heterocycles. The van der Waals surface area contributed by atoms with Crippen LogP contribution in [0.2, 0.25) is 0 Å². The fraction of sp³-hybridized carbons (Fsp3) is 0.500. The summed E-state index contributed by atoms with van der Waals surface area (Å²) in [5, 5.41) is 15.5. The van der Waals surface area contributed by atoms with Crippen LogP contribution in [0.4, 0.5) is 5.69 Å². The number of nitrogens with zero attached hydrogens (tertiary/aromatic N) is 3. The molecule has 0 saturated heterocycles. The normalized spacial score (nSPS) is 10.3. The van der Waals surface area contributed by atoms with Crippen LogP contribution in [0.1, 0.15) is 6.42 Å². The Balaban J connectivity index is 2.90. The second kappa shape index (κ2) is 4.52. The van der Waals surface area contributed by atoms with Crippen molar-refractivity contribution in [3.8, 4) is 0 Å². The van der Waals surface area contributed by atoms with E-state index in [0.717, 1.165) is 5.59 Å². The summed E-state index contributed by atoms with van der Waals surface area (Å²) in [4.78, 5) is 10.4. The van der Waals surface area contributed by atoms with Crippen LogP contribution in [0.3, 0.4) is 0 Å². The van der Waals surface area contributed by atoms with Crippen LogP contribution < -0.4 is 5.59 Å². The zero-order valence-electron chi connectivity index (χ0n) is 7.20. The summed E-state index contributed by atoms with van der Waals surface area (Å²) in [6.07, 6.45) is 0.618. The van der Waals surface area contributed by atoms with Crippen molar-refractivity contribution < 1.29 is 5.11 Å². The number of aromatic nitrogens is 2. The largest absolute Gasteiger partial charge is 0.396 e. The molecule has 7 heteroatoms. The van der Waals surface area contributed by atoms with Gasteiger partial charge in [0, 0.05) is 18.7 Å². The van der Waals surface area contributed by atoms with Gasteiger partial charge in [0.05, 0.1) is 0 Å². The van der Waals surface area contributed by atoms with E-state index in [9.17, 15) is 4.91 Å². The Labute approximate surface area is 84.6 Å². The smallest absolute Gasteiger partial charge is 0.166 e. The van der Waals surface area contributed by atoms with E-state index in [1.165, 1.54) is 0 Å². The molecule has 1 aromatic rings. The molecule has 0 fully saturated rings. The van der Waals surface area contributed by atoms with Crippen LogP contribution in [0.25, 0.3) is 0 Å². The van der Waals surface area contributed by atoms with Gasteiger partial charge < -0.3 is 5.11 Å². The quantitative estimate of drug-likeness (QED) is 0.584. The van der Waals surface area contributed by atoms with E-state index in [0.29, 0.717) is 23.3 Å². The van der Waals surface area contributed by atoms with Gasteiger partial charge in [0.25, 0.3) is 0 Å². The summed E-state index contributed by atoms with van der Waals surface area (Å²) < 4.78 is 2.11. The molecule has 0 bridgehead atoms. The van der Waals surface area contributed by atoms with Crippen LogP contribution in [0.5, 0.6) is 0 Å². The number of nitroso groups, excluding NO2 is 1. The van der Waals surface area contributed by atoms with Crippen LogP contribution in [0.15, 0.2) is 9.78 Å². The molecule has 0 spiro atoms. The predicted octanol–water partition coefficient (Wildman–Crippen LogP) is -0.316. The van der Waals surface area contributed by atoms with E-state index >= 15 is 0 Å². The minimum atomic E-state index is 0.112. The molecule has 0 aliphatic carbocycles. The molecule has 0 aliphatic heterocycles. The standard InChI is InChI=1S/C6H9BBrN3O2/c7-5-4(10-13)6(8)9-11(5)2-1-3-12/h12H,1-3,7H2. The zero-order chi connectivity index (χ0) is 9.84. The molecule has 1 rings (SSSR count). The van der Waals surface area contributed by atoms with E-state index in [2.05, 4.69) is 26.2 Å². The summed E-state index contributed by atoms with van der Waals surface area (Å²) in [5.41, 5.74) is 1.05. The van der Waals surface area contributed by atoms with E-state index in [1.807, 2.05) is 0 Å². The van der Waals surface area contributed by atoms with E-state index < -0.39 is 0 Å². The molecule has 0 atom stereocenters. The summed E-state index contributed by atoms with van der Waals surface area (Å²) in [7, 11) is 1.77. The minimum absolute atomic E-state index is 0.112. The SMILES string of the molecule is Bc1c(N=O)c(Br)nn1CCCO. The predicted molar refractivity (Wildman–Crippen MR) is 55.3 cm³/mol. The lowest BCUT2D eigenvalue weighted by atomic mass is 10.0. The second-order valence-electron chi connectivity index (χ2n) is 2.62. The number of halogens is 1. The summed E-state index contributed by atoms with van der Waals surface area (Å²) in [6, 6.07) is 0. The molecule has 5 nitrogen and oxygen atoms in total. The van der Waals surface area contributed by atoms with E-state index in [1.54, 1.807) is 12.5 Å². The van der Waals surface area contributed by atoms with Crippen molar-refractivity contribution in [3.05, 3.63) is 9.51 Å². The van der Waals surface area contributed by atoms with Gasteiger partial charge in [-0.1, -0.05) is 0 Å². The monoisotopic (exact) mass is 245 g/mol. The topological polar surface area (TPSA) is 67.5 Å². The third kappa shape index (κ3) is 2.16. The molecule has 0 aromatic carbocycles. The summed E-state index contributed by atoms with van der Waals surface area (Å²) >= 11 is 3.13. The minimum Gasteiger partial charge on any atom is -0.396 e. The number of aryl methyl sites for hydroxylation is 1. The van der Waals surface area contributed by atoms with Gasteiger partial charge >= 0.3 is 0 Å². The van der Waals surface area contributed by atoms with Crippen LogP contribution in [0, 0.1) is 4.91 Å². The Morgan fingerprint density at radius 3 is 2.85 bits per heavy atom. The van der Waals surface area contributed by atoms with E-state index in [-0.39, 0.29) is 6.61 Å². The lowest BCUT2D eigenvalue weighted by Crippen LogP contribution is -2.19. The van der Waals surface area contributed by atoms with Crippen molar-refractivity contribution in [3.63, 3.8) is 0 Å². The van der Waals surface area contributed by atoms with Crippen molar-refractivity contribution in [1.82, 2.24) is 9.78 Å². The van der Waals surface area contributed by atoms with Crippen LogP contribution >= 0.6 is 15.9 Å². The Hall–Kier alpha value is -0.685. The maximum atomic E-state index is 10.4. The molecule has 1 N–H and O–H groups in total. The van der Waals surface area contributed by atoms with Gasteiger partial charge in [0.15, 0.2) is 18.1 Å². The molecule has 1 aromatic heterocycles. The number of aliphatic hydroxyl groups is 1. The first-order chi connectivity index (χ1) is 6.20. The highest BCUT2D eigenvalue weighted by atomic mass is 79.9. The Kier molecular flexibility index (Phi) is 3.62. The molecule has 0 saturated carbocycles. The Bertz CT molecular complexity index is 315. The number of aliphatic hydroxyl groups excluding tert-OH is 1. The summed E-state index contributed by atoms with van der Waals surface area (Å²) in [5.74, 6) is 0. The highest BCUT2D eigenvalue weighted by Crippen LogP contribution is 2.20. The average molecular weight is 246 g/mol. The van der Waals surface area contributed by atoms with Gasteiger partial charge in [0.1, 0.15) is 0 Å². The van der Waals surface area contributed by atoms with Crippen LogP contribution in [-0.2, 0) is 6.54 Å². The first kappa shape index (κ1) is 10.4. The lowest BCUT2D eigenvalue weighted by molar-refractivity contribution is 0.277. The maximum Gasteiger partial charge on any atom is 0.166 e. The fourth-order valence-electron chi connectivity index (χ4n) is 1.04. The van der Waals surface area contributed by atoms with Crippen molar-refractivity contribution >= 4 is 35.1 Å². The second-order valence-corrected chi connectivity index (χ2v) is 3.37. The average Bonchev–Trinajstić information content (AvgIpc) is 2.38. The molecule has 13 heavy (non-hydrogen) atoms. The number of hydrogen-bond acceptors (Lipinski definition) is 4. The van der Waals surface area contributed by atoms with E-state index in [4.69, 9.17) is 5.11 Å². The molecule has 70 valence electrons. The first-order valence-electron chi connectivity index (χ1n) is 3.87. The third-order valence-electron chi connectivity index (χ3n) is 1.75. The van der Waals surface area contributed by atoms with Crippen molar-refractivity contribution in [1.29, 1.82) is 0 Å². The molecular weight excluding hydrogens is 237 g/mol. The molecule has 0 amide bonds. The highest BCUT2D eigenvalue weighted by molar-refractivity contribution is 9.10. The van der Waals surface area contributed by atoms with Gasteiger partial charge in [-0.3, -0.25) is 4.68 Å². The highest BCUT2D eigenvalue weighted by Gasteiger charge is 2.11. The zero-order valence-corrected chi connectivity index (χ0v) is 8.78. The van der Waals surface area contributed by atoms with Crippen molar-refractivity contribution in [2.75, 3.05) is 6.61 Å². The van der Waals surface area contributed by atoms with Gasteiger partial charge in [-0.15, -0.1) is 4.91 Å². The molecule has 0 radical (unpaired) electrons. The van der Waals surface area contributed by atoms with Gasteiger partial charge in [0.2, 0.25) is 0 Å².